The van der Waals surface area contributed by atoms with E-state index >= 15 is 0 Å². The third kappa shape index (κ3) is 2.51. The molecule has 108 valence electrons. The maximum atomic E-state index is 12.4. The van der Waals surface area contributed by atoms with Crippen LogP contribution >= 0.6 is 0 Å². The van der Waals surface area contributed by atoms with Gasteiger partial charge in [0.2, 0.25) is 5.75 Å². The van der Waals surface area contributed by atoms with Gasteiger partial charge in [0, 0.05) is 5.56 Å². The first-order valence-electron chi connectivity index (χ1n) is 5.93. The predicted octanol–water partition coefficient (Wildman–Crippen LogP) is 2.04. The van der Waals surface area contributed by atoms with Crippen LogP contribution in [0.25, 0.3) is 0 Å². The third-order valence-corrected chi connectivity index (χ3v) is 2.96. The molecule has 0 saturated heterocycles. The van der Waals surface area contributed by atoms with Gasteiger partial charge in [0.15, 0.2) is 17.3 Å². The number of carboxylic acid groups (broad SMARTS) is 1. The average molecular weight is 288 g/mol. The summed E-state index contributed by atoms with van der Waals surface area (Å²) in [5.41, 5.74) is -0.389. The zero-order chi connectivity index (χ0) is 15.6. The van der Waals surface area contributed by atoms with Crippen LogP contribution in [-0.2, 0) is 0 Å². The molecule has 21 heavy (non-hydrogen) atoms. The van der Waals surface area contributed by atoms with Crippen molar-refractivity contribution in [3.05, 3.63) is 53.1 Å². The normalized spacial score (nSPS) is 10.1. The lowest BCUT2D eigenvalue weighted by molar-refractivity contribution is 0.0692. The van der Waals surface area contributed by atoms with Gasteiger partial charge in [-0.1, -0.05) is 18.2 Å². The van der Waals surface area contributed by atoms with Crippen molar-refractivity contribution in [2.45, 2.75) is 0 Å². The predicted molar refractivity (Wildman–Crippen MR) is 73.2 cm³/mol. The van der Waals surface area contributed by atoms with E-state index in [1.807, 2.05) is 0 Å². The summed E-state index contributed by atoms with van der Waals surface area (Å²) in [4.78, 5) is 23.6. The molecule has 2 rings (SSSR count). The zero-order valence-corrected chi connectivity index (χ0v) is 11.0. The van der Waals surface area contributed by atoms with Crippen LogP contribution in [0.3, 0.4) is 0 Å². The fraction of sp³-hybridized carbons (Fsp3) is 0.0667. The Morgan fingerprint density at radius 1 is 0.952 bits per heavy atom. The van der Waals surface area contributed by atoms with E-state index < -0.39 is 17.5 Å². The van der Waals surface area contributed by atoms with E-state index in [0.717, 1.165) is 0 Å². The van der Waals surface area contributed by atoms with Crippen LogP contribution < -0.4 is 4.74 Å². The molecule has 0 amide bonds. The number of hydrogen-bond acceptors (Lipinski definition) is 5. The fourth-order valence-electron chi connectivity index (χ4n) is 1.96. The Morgan fingerprint density at radius 2 is 1.57 bits per heavy atom. The number of rotatable bonds is 4. The summed E-state index contributed by atoms with van der Waals surface area (Å²) in [5.74, 6) is -3.03. The highest BCUT2D eigenvalue weighted by Gasteiger charge is 2.23. The van der Waals surface area contributed by atoms with E-state index in [-0.39, 0.29) is 28.2 Å². The number of aromatic carboxylic acids is 1. The lowest BCUT2D eigenvalue weighted by atomic mass is 9.97. The number of carbonyl (C=O) groups is 2. The van der Waals surface area contributed by atoms with Gasteiger partial charge in [-0.3, -0.25) is 4.79 Å². The number of carboxylic acids is 1. The molecule has 6 heteroatoms. The summed E-state index contributed by atoms with van der Waals surface area (Å²) >= 11 is 0. The molecular weight excluding hydrogens is 276 g/mol. The number of benzene rings is 2. The van der Waals surface area contributed by atoms with Crippen LogP contribution in [0.5, 0.6) is 17.2 Å². The molecule has 0 fully saturated rings. The monoisotopic (exact) mass is 288 g/mol. The first-order chi connectivity index (χ1) is 9.97. The highest BCUT2D eigenvalue weighted by Crippen LogP contribution is 2.39. The van der Waals surface area contributed by atoms with Crippen molar-refractivity contribution in [1.82, 2.24) is 0 Å². The van der Waals surface area contributed by atoms with E-state index in [1.165, 1.54) is 43.5 Å². The lowest BCUT2D eigenvalue weighted by Gasteiger charge is -2.11. The molecule has 0 spiro atoms. The Balaban J connectivity index is 2.59. The second-order valence-corrected chi connectivity index (χ2v) is 4.19. The van der Waals surface area contributed by atoms with Gasteiger partial charge in [0.25, 0.3) is 0 Å². The van der Waals surface area contributed by atoms with Gasteiger partial charge in [0.05, 0.1) is 18.2 Å². The SMILES string of the molecule is COc1c(O)ccc(C(=O)c2ccccc2C(=O)O)c1O. The molecule has 0 bridgehead atoms. The van der Waals surface area contributed by atoms with Crippen LogP contribution in [0.15, 0.2) is 36.4 Å². The smallest absolute Gasteiger partial charge is 0.336 e. The Labute approximate surface area is 119 Å². The molecule has 0 unspecified atom stereocenters. The molecular formula is C15H12O6. The number of hydrogen-bond donors (Lipinski definition) is 3. The van der Waals surface area contributed by atoms with E-state index in [0.29, 0.717) is 0 Å². The second kappa shape index (κ2) is 5.54. The molecule has 0 aromatic heterocycles. The molecule has 0 aliphatic carbocycles. The Hall–Kier alpha value is -3.02. The highest BCUT2D eigenvalue weighted by atomic mass is 16.5. The van der Waals surface area contributed by atoms with Gasteiger partial charge in [-0.05, 0) is 18.2 Å². The van der Waals surface area contributed by atoms with Gasteiger partial charge in [0.1, 0.15) is 0 Å². The largest absolute Gasteiger partial charge is 0.504 e. The van der Waals surface area contributed by atoms with Crippen molar-refractivity contribution in [2.24, 2.45) is 0 Å². The number of ether oxygens (including phenoxy) is 1. The Bertz CT molecular complexity index is 720. The van der Waals surface area contributed by atoms with E-state index in [2.05, 4.69) is 0 Å². The van der Waals surface area contributed by atoms with Crippen LogP contribution in [-0.4, -0.2) is 34.2 Å². The molecule has 0 radical (unpaired) electrons. The number of ketones is 1. The standard InChI is InChI=1S/C15H12O6/c1-21-14-11(16)7-6-10(13(14)18)12(17)8-4-2-3-5-9(8)15(19)20/h2-7,16,18H,1H3,(H,19,20). The summed E-state index contributed by atoms with van der Waals surface area (Å²) in [6.07, 6.45) is 0. The minimum Gasteiger partial charge on any atom is -0.504 e. The molecule has 0 aliphatic rings. The highest BCUT2D eigenvalue weighted by molar-refractivity contribution is 6.15. The Kier molecular flexibility index (Phi) is 3.80. The van der Waals surface area contributed by atoms with E-state index in [9.17, 15) is 19.8 Å². The van der Waals surface area contributed by atoms with Crippen molar-refractivity contribution in [2.75, 3.05) is 7.11 Å². The number of phenols is 2. The van der Waals surface area contributed by atoms with Crippen LogP contribution in [0.4, 0.5) is 0 Å². The van der Waals surface area contributed by atoms with Crippen molar-refractivity contribution >= 4 is 11.8 Å². The number of carbonyl (C=O) groups excluding carboxylic acids is 1. The van der Waals surface area contributed by atoms with Gasteiger partial charge < -0.3 is 20.1 Å². The van der Waals surface area contributed by atoms with Crippen molar-refractivity contribution in [3.63, 3.8) is 0 Å². The topological polar surface area (TPSA) is 104 Å². The summed E-state index contributed by atoms with van der Waals surface area (Å²) in [5, 5.41) is 28.6. The lowest BCUT2D eigenvalue weighted by Crippen LogP contribution is -2.10. The van der Waals surface area contributed by atoms with Crippen LogP contribution in [0.2, 0.25) is 0 Å². The second-order valence-electron chi connectivity index (χ2n) is 4.19. The molecule has 0 aliphatic heterocycles. The van der Waals surface area contributed by atoms with Crippen molar-refractivity contribution < 1.29 is 29.6 Å². The third-order valence-electron chi connectivity index (χ3n) is 2.96. The summed E-state index contributed by atoms with van der Waals surface area (Å²) in [6, 6.07) is 8.06. The molecule has 0 atom stereocenters. The maximum absolute atomic E-state index is 12.4. The van der Waals surface area contributed by atoms with E-state index in [4.69, 9.17) is 9.84 Å². The fourth-order valence-corrected chi connectivity index (χ4v) is 1.96. The zero-order valence-electron chi connectivity index (χ0n) is 11.0. The first kappa shape index (κ1) is 14.4. The summed E-state index contributed by atoms with van der Waals surface area (Å²) in [7, 11) is 1.23. The number of aromatic hydroxyl groups is 2. The quantitative estimate of drug-likeness (QED) is 0.744. The van der Waals surface area contributed by atoms with Crippen LogP contribution in [0, 0.1) is 0 Å². The number of methoxy groups -OCH3 is 1. The molecule has 6 nitrogen and oxygen atoms in total. The molecule has 2 aromatic rings. The molecule has 0 heterocycles. The minimum absolute atomic E-state index is 0.0620. The van der Waals surface area contributed by atoms with Gasteiger partial charge in [-0.15, -0.1) is 0 Å². The Morgan fingerprint density at radius 3 is 2.14 bits per heavy atom. The van der Waals surface area contributed by atoms with Crippen molar-refractivity contribution in [3.8, 4) is 17.2 Å². The van der Waals surface area contributed by atoms with Crippen LogP contribution in [0.1, 0.15) is 26.3 Å². The van der Waals surface area contributed by atoms with Gasteiger partial charge in [-0.25, -0.2) is 4.79 Å². The van der Waals surface area contributed by atoms with Crippen molar-refractivity contribution in [1.29, 1.82) is 0 Å². The number of phenolic OH excluding ortho intramolecular Hbond substituents is 2. The molecule has 0 saturated carbocycles. The summed E-state index contributed by atoms with van der Waals surface area (Å²) < 4.78 is 4.81. The minimum atomic E-state index is -1.25. The van der Waals surface area contributed by atoms with Gasteiger partial charge >= 0.3 is 5.97 Å². The van der Waals surface area contributed by atoms with Gasteiger partial charge in [-0.2, -0.15) is 0 Å². The maximum Gasteiger partial charge on any atom is 0.336 e. The van der Waals surface area contributed by atoms with E-state index in [1.54, 1.807) is 0 Å². The summed E-state index contributed by atoms with van der Waals surface area (Å²) in [6.45, 7) is 0. The molecule has 2 aromatic carbocycles. The first-order valence-corrected chi connectivity index (χ1v) is 5.93. The average Bonchev–Trinajstić information content (AvgIpc) is 2.47. The molecule has 3 N–H and O–H groups in total.